The number of hydrogen-bond donors (Lipinski definition) is 8. The molecule has 1 heterocycles. The predicted molar refractivity (Wildman–Crippen MR) is 187 cm³/mol. The standard InChI is InChI=1S/C35H51N9O5/c1-23(2)16-19-28(33(47)39-27(15-9-10-20-36)32(46)38-22-30-42-35(49)44-43-30)40-34(48)29(21-25-13-7-4-8-14-25)41-31(45)26(37)18-17-24-11-5-3-6-12-24/h3-8,11-14,23,26-29H,9-10,15-22,36-37H2,1-2H3,(H,38,46)(H,39,47)(H,40,48)(H,41,45)(H2,42,43,44,49)/t26-,27-,28-,29-/m1/s1. The van der Waals surface area contributed by atoms with E-state index in [-0.39, 0.29) is 24.7 Å². The van der Waals surface area contributed by atoms with Crippen LogP contribution in [0.15, 0.2) is 65.5 Å². The van der Waals surface area contributed by atoms with Gasteiger partial charge in [0.1, 0.15) is 23.9 Å². The third-order valence-electron chi connectivity index (χ3n) is 8.07. The number of unbranched alkanes of at least 4 members (excludes halogenated alkanes) is 1. The van der Waals surface area contributed by atoms with E-state index < -0.39 is 53.5 Å². The van der Waals surface area contributed by atoms with Crippen LogP contribution in [0.5, 0.6) is 0 Å². The van der Waals surface area contributed by atoms with Gasteiger partial charge in [-0.2, -0.15) is 5.10 Å². The molecule has 0 aliphatic rings. The normalized spacial score (nSPS) is 13.6. The van der Waals surface area contributed by atoms with E-state index in [1.54, 1.807) is 0 Å². The first-order valence-corrected chi connectivity index (χ1v) is 16.9. The lowest BCUT2D eigenvalue weighted by Gasteiger charge is -2.26. The maximum atomic E-state index is 13.9. The van der Waals surface area contributed by atoms with Gasteiger partial charge in [-0.05, 0) is 68.5 Å². The van der Waals surface area contributed by atoms with Crippen molar-refractivity contribution >= 4 is 23.6 Å². The summed E-state index contributed by atoms with van der Waals surface area (Å²) in [6.07, 6.45) is 3.63. The highest BCUT2D eigenvalue weighted by molar-refractivity contribution is 5.94. The van der Waals surface area contributed by atoms with E-state index in [9.17, 15) is 24.0 Å². The van der Waals surface area contributed by atoms with E-state index in [0.717, 1.165) is 11.1 Å². The van der Waals surface area contributed by atoms with Crippen molar-refractivity contribution in [1.82, 2.24) is 36.4 Å². The highest BCUT2D eigenvalue weighted by Gasteiger charge is 2.30. The van der Waals surface area contributed by atoms with Gasteiger partial charge in [0.2, 0.25) is 23.6 Å². The number of nitrogens with one attached hydrogen (secondary N) is 6. The molecule has 0 fully saturated rings. The van der Waals surface area contributed by atoms with Crippen molar-refractivity contribution in [2.75, 3.05) is 6.54 Å². The van der Waals surface area contributed by atoms with Gasteiger partial charge in [0, 0.05) is 6.42 Å². The number of carbonyl (C=O) groups excluding carboxylic acids is 4. The molecule has 14 nitrogen and oxygen atoms in total. The number of benzene rings is 2. The number of nitrogens with zero attached hydrogens (tertiary/aromatic N) is 1. The average Bonchev–Trinajstić information content (AvgIpc) is 3.52. The summed E-state index contributed by atoms with van der Waals surface area (Å²) < 4.78 is 0. The molecule has 0 spiro atoms. The van der Waals surface area contributed by atoms with E-state index >= 15 is 0 Å². The Hall–Kier alpha value is -4.82. The van der Waals surface area contributed by atoms with E-state index in [4.69, 9.17) is 11.5 Å². The minimum Gasteiger partial charge on any atom is -0.347 e. The van der Waals surface area contributed by atoms with E-state index in [1.807, 2.05) is 74.5 Å². The first-order chi connectivity index (χ1) is 23.5. The molecular weight excluding hydrogens is 626 g/mol. The van der Waals surface area contributed by atoms with Crippen molar-refractivity contribution in [3.8, 4) is 0 Å². The molecular formula is C35H51N9O5. The quantitative estimate of drug-likeness (QED) is 0.0755. The minimum atomic E-state index is -1.01. The molecule has 10 N–H and O–H groups in total. The Bertz CT molecular complexity index is 1510. The van der Waals surface area contributed by atoms with Gasteiger partial charge in [-0.1, -0.05) is 74.5 Å². The molecule has 4 atom stereocenters. The Balaban J connectivity index is 1.74. The summed E-state index contributed by atoms with van der Waals surface area (Å²) in [7, 11) is 0. The molecule has 0 saturated carbocycles. The maximum Gasteiger partial charge on any atom is 0.340 e. The number of carbonyl (C=O) groups is 4. The lowest BCUT2D eigenvalue weighted by atomic mass is 10.00. The van der Waals surface area contributed by atoms with Gasteiger partial charge in [-0.25, -0.2) is 9.89 Å². The summed E-state index contributed by atoms with van der Waals surface area (Å²) >= 11 is 0. The Kier molecular flexibility index (Phi) is 16.2. The molecule has 1 aromatic heterocycles. The zero-order chi connectivity index (χ0) is 35.6. The second kappa shape index (κ2) is 20.5. The molecule has 0 radical (unpaired) electrons. The van der Waals surface area contributed by atoms with Crippen LogP contribution in [0.3, 0.4) is 0 Å². The van der Waals surface area contributed by atoms with Crippen LogP contribution in [0.1, 0.15) is 69.3 Å². The largest absolute Gasteiger partial charge is 0.347 e. The van der Waals surface area contributed by atoms with Gasteiger partial charge in [0.05, 0.1) is 12.6 Å². The molecule has 0 saturated heterocycles. The number of aryl methyl sites for hydroxylation is 1. The maximum absolute atomic E-state index is 13.9. The third kappa shape index (κ3) is 14.1. The fraction of sp³-hybridized carbons (Fsp3) is 0.486. The lowest BCUT2D eigenvalue weighted by Crippen LogP contribution is -2.58. The number of rotatable bonds is 21. The lowest BCUT2D eigenvalue weighted by molar-refractivity contribution is -0.134. The van der Waals surface area contributed by atoms with E-state index in [2.05, 4.69) is 36.4 Å². The van der Waals surface area contributed by atoms with Crippen LogP contribution in [0.2, 0.25) is 0 Å². The Morgan fingerprint density at radius 1 is 0.735 bits per heavy atom. The van der Waals surface area contributed by atoms with Crippen LogP contribution in [-0.2, 0) is 38.6 Å². The number of aromatic amines is 2. The summed E-state index contributed by atoms with van der Waals surface area (Å²) in [6, 6.07) is 15.2. The number of aromatic nitrogens is 3. The van der Waals surface area contributed by atoms with Crippen molar-refractivity contribution < 1.29 is 19.2 Å². The van der Waals surface area contributed by atoms with Gasteiger partial charge in [-0.15, -0.1) is 0 Å². The third-order valence-corrected chi connectivity index (χ3v) is 8.07. The Labute approximate surface area is 287 Å². The summed E-state index contributed by atoms with van der Waals surface area (Å²) in [5.41, 5.74) is 13.3. The molecule has 0 aliphatic heterocycles. The topological polar surface area (TPSA) is 230 Å². The van der Waals surface area contributed by atoms with Crippen LogP contribution >= 0.6 is 0 Å². The molecule has 2 aromatic carbocycles. The Morgan fingerprint density at radius 2 is 1.33 bits per heavy atom. The molecule has 3 rings (SSSR count). The number of H-pyrrole nitrogens is 2. The first kappa shape index (κ1) is 38.6. The predicted octanol–water partition coefficient (Wildman–Crippen LogP) is 0.937. The molecule has 0 bridgehead atoms. The van der Waals surface area contributed by atoms with E-state index in [1.165, 1.54) is 0 Å². The molecule has 14 heteroatoms. The minimum absolute atomic E-state index is 0.0529. The van der Waals surface area contributed by atoms with Gasteiger partial charge >= 0.3 is 5.69 Å². The zero-order valence-corrected chi connectivity index (χ0v) is 28.4. The van der Waals surface area contributed by atoms with Gasteiger partial charge < -0.3 is 32.7 Å². The fourth-order valence-electron chi connectivity index (χ4n) is 5.19. The van der Waals surface area contributed by atoms with Crippen LogP contribution in [0, 0.1) is 5.92 Å². The van der Waals surface area contributed by atoms with Gasteiger partial charge in [0.25, 0.3) is 0 Å². The molecule has 3 aromatic rings. The van der Waals surface area contributed by atoms with Crippen LogP contribution < -0.4 is 38.4 Å². The average molecular weight is 678 g/mol. The number of nitrogens with two attached hydrogens (primary N) is 2. The second-order valence-corrected chi connectivity index (χ2v) is 12.6. The van der Waals surface area contributed by atoms with Crippen LogP contribution in [-0.4, -0.2) is 69.5 Å². The highest BCUT2D eigenvalue weighted by Crippen LogP contribution is 2.11. The Morgan fingerprint density at radius 3 is 1.92 bits per heavy atom. The van der Waals surface area contributed by atoms with Crippen LogP contribution in [0.25, 0.3) is 0 Å². The van der Waals surface area contributed by atoms with Gasteiger partial charge in [-0.3, -0.25) is 24.2 Å². The molecule has 266 valence electrons. The second-order valence-electron chi connectivity index (χ2n) is 12.6. The van der Waals surface area contributed by atoms with Crippen molar-refractivity contribution in [2.24, 2.45) is 17.4 Å². The van der Waals surface area contributed by atoms with Crippen LogP contribution in [0.4, 0.5) is 0 Å². The zero-order valence-electron chi connectivity index (χ0n) is 28.4. The van der Waals surface area contributed by atoms with Crippen molar-refractivity contribution in [1.29, 1.82) is 0 Å². The molecule has 49 heavy (non-hydrogen) atoms. The first-order valence-electron chi connectivity index (χ1n) is 16.9. The van der Waals surface area contributed by atoms with Crippen molar-refractivity contribution in [3.63, 3.8) is 0 Å². The summed E-state index contributed by atoms with van der Waals surface area (Å²) in [6.45, 7) is 4.39. The summed E-state index contributed by atoms with van der Waals surface area (Å²) in [5, 5.41) is 17.2. The van der Waals surface area contributed by atoms with E-state index in [0.29, 0.717) is 51.5 Å². The molecule has 4 amide bonds. The summed E-state index contributed by atoms with van der Waals surface area (Å²) in [5.74, 6) is -1.54. The van der Waals surface area contributed by atoms with Gasteiger partial charge in [0.15, 0.2) is 0 Å². The molecule has 0 unspecified atom stereocenters. The number of hydrogen-bond acceptors (Lipinski definition) is 8. The molecule has 0 aliphatic carbocycles. The SMILES string of the molecule is CC(C)CC[C@@H](NC(=O)[C@@H](Cc1ccccc1)NC(=O)[C@H](N)CCc1ccccc1)C(=O)N[C@H](CCCCN)C(=O)NCc1n[nH]c(=O)[nH]1. The highest BCUT2D eigenvalue weighted by atomic mass is 16.2. The number of amides is 4. The van der Waals surface area contributed by atoms with Crippen molar-refractivity contribution in [3.05, 3.63) is 88.1 Å². The van der Waals surface area contributed by atoms with Crippen molar-refractivity contribution in [2.45, 2.75) is 95.9 Å². The smallest absolute Gasteiger partial charge is 0.340 e. The monoisotopic (exact) mass is 677 g/mol. The fourth-order valence-corrected chi connectivity index (χ4v) is 5.19. The summed E-state index contributed by atoms with van der Waals surface area (Å²) in [4.78, 5) is 67.8.